The monoisotopic (exact) mass is 292 g/mol. The molecule has 2 unspecified atom stereocenters. The molecule has 5 heteroatoms. The van der Waals surface area contributed by atoms with E-state index in [4.69, 9.17) is 0 Å². The third kappa shape index (κ3) is 4.56. The molecule has 1 saturated carbocycles. The lowest BCUT2D eigenvalue weighted by atomic mass is 9.85. The Balaban J connectivity index is 2.13. The van der Waals surface area contributed by atoms with E-state index in [1.165, 1.54) is 12.8 Å². The topological polar surface area (TPSA) is 70.1 Å². The highest BCUT2D eigenvalue weighted by molar-refractivity contribution is 5.48. The van der Waals surface area contributed by atoms with Crippen LogP contribution in [0.2, 0.25) is 0 Å². The van der Waals surface area contributed by atoms with Gasteiger partial charge in [0.15, 0.2) is 0 Å². The lowest BCUT2D eigenvalue weighted by Crippen LogP contribution is -2.34. The molecule has 0 amide bonds. The molecular weight excluding hydrogens is 264 g/mol. The van der Waals surface area contributed by atoms with Crippen molar-refractivity contribution in [1.29, 1.82) is 0 Å². The van der Waals surface area contributed by atoms with Crippen molar-refractivity contribution in [2.24, 2.45) is 5.92 Å². The van der Waals surface area contributed by atoms with E-state index >= 15 is 0 Å². The summed E-state index contributed by atoms with van der Waals surface area (Å²) in [4.78, 5) is 9.16. The summed E-state index contributed by atoms with van der Waals surface area (Å²) in [5.41, 5.74) is 0. The van der Waals surface area contributed by atoms with E-state index in [0.29, 0.717) is 12.0 Å². The molecule has 1 aliphatic rings. The van der Waals surface area contributed by atoms with Crippen molar-refractivity contribution in [3.05, 3.63) is 11.9 Å². The van der Waals surface area contributed by atoms with Crippen LogP contribution in [0.3, 0.4) is 0 Å². The van der Waals surface area contributed by atoms with Crippen LogP contribution in [-0.4, -0.2) is 34.3 Å². The maximum Gasteiger partial charge on any atom is 0.133 e. The number of aryl methyl sites for hydroxylation is 1. The molecule has 2 rings (SSSR count). The van der Waals surface area contributed by atoms with Crippen LogP contribution < -0.4 is 10.6 Å². The second kappa shape index (κ2) is 8.17. The molecule has 118 valence electrons. The molecule has 0 radical (unpaired) electrons. The molecule has 0 aromatic carbocycles. The minimum atomic E-state index is 0.255. The Morgan fingerprint density at radius 2 is 1.95 bits per heavy atom. The first-order valence-corrected chi connectivity index (χ1v) is 8.26. The second-order valence-corrected chi connectivity index (χ2v) is 5.81. The van der Waals surface area contributed by atoms with Crippen LogP contribution in [0.25, 0.3) is 0 Å². The lowest BCUT2D eigenvalue weighted by Gasteiger charge is -2.31. The Labute approximate surface area is 127 Å². The quantitative estimate of drug-likeness (QED) is 0.721. The fourth-order valence-electron chi connectivity index (χ4n) is 2.98. The van der Waals surface area contributed by atoms with Crippen molar-refractivity contribution >= 4 is 11.6 Å². The molecule has 0 saturated heterocycles. The Kier molecular flexibility index (Phi) is 6.23. The number of rotatable bonds is 7. The third-order valence-electron chi connectivity index (χ3n) is 4.08. The molecule has 1 heterocycles. The van der Waals surface area contributed by atoms with E-state index in [9.17, 15) is 5.11 Å². The molecule has 1 fully saturated rings. The number of nitrogens with zero attached hydrogens (tertiary/aromatic N) is 2. The van der Waals surface area contributed by atoms with Gasteiger partial charge >= 0.3 is 0 Å². The second-order valence-electron chi connectivity index (χ2n) is 5.81. The standard InChI is InChI=1S/C16H28N4O/c1-3-7-14-19-15(17-4-2)10-16(20-14)18-13-9-6-5-8-12(13)11-21/h10,12-13,21H,3-9,11H2,1-2H3,(H2,17,18,19,20). The third-order valence-corrected chi connectivity index (χ3v) is 4.08. The molecule has 1 aromatic heterocycles. The fourth-order valence-corrected chi connectivity index (χ4v) is 2.98. The molecule has 21 heavy (non-hydrogen) atoms. The normalized spacial score (nSPS) is 22.0. The van der Waals surface area contributed by atoms with Gasteiger partial charge in [0, 0.05) is 37.6 Å². The maximum atomic E-state index is 9.53. The Morgan fingerprint density at radius 3 is 2.67 bits per heavy atom. The van der Waals surface area contributed by atoms with Crippen molar-refractivity contribution in [3.8, 4) is 0 Å². The highest BCUT2D eigenvalue weighted by Crippen LogP contribution is 2.27. The minimum Gasteiger partial charge on any atom is -0.396 e. The van der Waals surface area contributed by atoms with Crippen molar-refractivity contribution in [1.82, 2.24) is 9.97 Å². The highest BCUT2D eigenvalue weighted by atomic mass is 16.3. The summed E-state index contributed by atoms with van der Waals surface area (Å²) in [6, 6.07) is 2.30. The van der Waals surface area contributed by atoms with Crippen LogP contribution in [0.4, 0.5) is 11.6 Å². The maximum absolute atomic E-state index is 9.53. The summed E-state index contributed by atoms with van der Waals surface area (Å²) in [6.07, 6.45) is 6.58. The van der Waals surface area contributed by atoms with Crippen molar-refractivity contribution in [3.63, 3.8) is 0 Å². The van der Waals surface area contributed by atoms with Crippen molar-refractivity contribution in [2.75, 3.05) is 23.8 Å². The van der Waals surface area contributed by atoms with Crippen molar-refractivity contribution in [2.45, 2.75) is 58.4 Å². The summed E-state index contributed by atoms with van der Waals surface area (Å²) in [5, 5.41) is 16.3. The zero-order valence-corrected chi connectivity index (χ0v) is 13.2. The number of hydrogen-bond donors (Lipinski definition) is 3. The van der Waals surface area contributed by atoms with E-state index < -0.39 is 0 Å². The van der Waals surface area contributed by atoms with E-state index in [1.807, 2.05) is 6.07 Å². The van der Waals surface area contributed by atoms with E-state index in [0.717, 1.165) is 49.7 Å². The molecule has 0 bridgehead atoms. The van der Waals surface area contributed by atoms with Crippen molar-refractivity contribution < 1.29 is 5.11 Å². The van der Waals surface area contributed by atoms with Crippen LogP contribution in [0.15, 0.2) is 6.07 Å². The zero-order chi connectivity index (χ0) is 15.1. The molecule has 1 aromatic rings. The van der Waals surface area contributed by atoms with Crippen LogP contribution in [0.1, 0.15) is 51.8 Å². The summed E-state index contributed by atoms with van der Waals surface area (Å²) in [6.45, 7) is 5.31. The molecule has 2 atom stereocenters. The first-order chi connectivity index (χ1) is 10.3. The molecule has 0 aliphatic heterocycles. The van der Waals surface area contributed by atoms with Crippen LogP contribution in [0, 0.1) is 5.92 Å². The number of aliphatic hydroxyl groups excluding tert-OH is 1. The number of nitrogens with one attached hydrogen (secondary N) is 2. The predicted molar refractivity (Wildman–Crippen MR) is 86.6 cm³/mol. The number of aliphatic hydroxyl groups is 1. The molecule has 1 aliphatic carbocycles. The Bertz CT molecular complexity index is 414. The highest BCUT2D eigenvalue weighted by Gasteiger charge is 2.24. The first kappa shape index (κ1) is 16.0. The number of hydrogen-bond acceptors (Lipinski definition) is 5. The fraction of sp³-hybridized carbons (Fsp3) is 0.750. The number of aromatic nitrogens is 2. The van der Waals surface area contributed by atoms with Crippen LogP contribution in [-0.2, 0) is 6.42 Å². The van der Waals surface area contributed by atoms with E-state index in [2.05, 4.69) is 34.4 Å². The van der Waals surface area contributed by atoms with Crippen LogP contribution >= 0.6 is 0 Å². The molecule has 3 N–H and O–H groups in total. The van der Waals surface area contributed by atoms with Gasteiger partial charge in [-0.25, -0.2) is 9.97 Å². The zero-order valence-electron chi connectivity index (χ0n) is 13.2. The Hall–Kier alpha value is -1.36. The smallest absolute Gasteiger partial charge is 0.133 e. The SMILES string of the molecule is CCCc1nc(NCC)cc(NC2CCCCC2CO)n1. The summed E-state index contributed by atoms with van der Waals surface area (Å²) >= 11 is 0. The largest absolute Gasteiger partial charge is 0.396 e. The van der Waals surface area contributed by atoms with Gasteiger partial charge < -0.3 is 15.7 Å². The van der Waals surface area contributed by atoms with Gasteiger partial charge in [-0.05, 0) is 26.2 Å². The summed E-state index contributed by atoms with van der Waals surface area (Å²) in [7, 11) is 0. The van der Waals surface area contributed by atoms with E-state index in [1.54, 1.807) is 0 Å². The van der Waals surface area contributed by atoms with Gasteiger partial charge in [-0.15, -0.1) is 0 Å². The van der Waals surface area contributed by atoms with Gasteiger partial charge in [0.05, 0.1) is 0 Å². The number of anilines is 2. The van der Waals surface area contributed by atoms with Gasteiger partial charge in [-0.3, -0.25) is 0 Å². The average Bonchev–Trinajstić information content (AvgIpc) is 2.48. The molecule has 5 nitrogen and oxygen atoms in total. The predicted octanol–water partition coefficient (Wildman–Crippen LogP) is 2.82. The van der Waals surface area contributed by atoms with E-state index in [-0.39, 0.29) is 6.61 Å². The molecule has 0 spiro atoms. The summed E-state index contributed by atoms with van der Waals surface area (Å²) in [5.74, 6) is 2.99. The Morgan fingerprint density at radius 1 is 1.19 bits per heavy atom. The van der Waals surface area contributed by atoms with Gasteiger partial charge in [-0.1, -0.05) is 19.8 Å². The first-order valence-electron chi connectivity index (χ1n) is 8.26. The van der Waals surface area contributed by atoms with Gasteiger partial charge in [-0.2, -0.15) is 0 Å². The van der Waals surface area contributed by atoms with Gasteiger partial charge in [0.1, 0.15) is 17.5 Å². The van der Waals surface area contributed by atoms with Gasteiger partial charge in [0.2, 0.25) is 0 Å². The van der Waals surface area contributed by atoms with Crippen LogP contribution in [0.5, 0.6) is 0 Å². The lowest BCUT2D eigenvalue weighted by molar-refractivity contribution is 0.178. The minimum absolute atomic E-state index is 0.255. The molecular formula is C16H28N4O. The average molecular weight is 292 g/mol. The summed E-state index contributed by atoms with van der Waals surface area (Å²) < 4.78 is 0. The van der Waals surface area contributed by atoms with Gasteiger partial charge in [0.25, 0.3) is 0 Å².